The van der Waals surface area contributed by atoms with Gasteiger partial charge in [0.05, 0.1) is 5.69 Å². The average Bonchev–Trinajstić information content (AvgIpc) is 2.77. The molecule has 0 saturated heterocycles. The lowest BCUT2D eigenvalue weighted by Crippen LogP contribution is -2.27. The minimum atomic E-state index is -0.0220. The van der Waals surface area contributed by atoms with Crippen LogP contribution in [0.1, 0.15) is 24.0 Å². The zero-order valence-electron chi connectivity index (χ0n) is 11.5. The first kappa shape index (κ1) is 13.3. The first-order chi connectivity index (χ1) is 9.54. The molecule has 1 atom stereocenters. The number of carbonyl (C=O) groups excluding carboxylic acids is 1. The molecule has 0 unspecified atom stereocenters. The standard InChI is InChI=1S/C16H16ClNO2/c1-9-4-3-5-12-14(20)6-13-16(15(9)12)11(7-17)8-18(13)10(2)19/h3-6,11,20H,7-8H2,1-2H3/t11-/m1/s1. The van der Waals surface area contributed by atoms with E-state index in [0.717, 1.165) is 27.6 Å². The number of carbonyl (C=O) groups is 1. The molecule has 0 aromatic heterocycles. The van der Waals surface area contributed by atoms with Crippen molar-refractivity contribution in [3.8, 4) is 5.75 Å². The van der Waals surface area contributed by atoms with Gasteiger partial charge in [0.15, 0.2) is 0 Å². The zero-order valence-corrected chi connectivity index (χ0v) is 12.2. The summed E-state index contributed by atoms with van der Waals surface area (Å²) in [6.45, 7) is 4.14. The van der Waals surface area contributed by atoms with Crippen molar-refractivity contribution in [2.75, 3.05) is 17.3 Å². The molecule has 1 amide bonds. The summed E-state index contributed by atoms with van der Waals surface area (Å²) in [7, 11) is 0. The molecule has 4 heteroatoms. The Morgan fingerprint density at radius 2 is 2.25 bits per heavy atom. The van der Waals surface area contributed by atoms with Crippen LogP contribution < -0.4 is 4.90 Å². The van der Waals surface area contributed by atoms with Crippen LogP contribution in [0.4, 0.5) is 5.69 Å². The van der Waals surface area contributed by atoms with E-state index in [1.807, 2.05) is 25.1 Å². The average molecular weight is 290 g/mol. The lowest BCUT2D eigenvalue weighted by molar-refractivity contribution is -0.116. The topological polar surface area (TPSA) is 40.5 Å². The third kappa shape index (κ3) is 1.77. The Labute approximate surface area is 122 Å². The maximum absolute atomic E-state index is 11.8. The number of benzene rings is 2. The van der Waals surface area contributed by atoms with Gasteiger partial charge in [0.2, 0.25) is 5.91 Å². The summed E-state index contributed by atoms with van der Waals surface area (Å²) in [5.74, 6) is 0.764. The molecule has 1 heterocycles. The van der Waals surface area contributed by atoms with E-state index in [-0.39, 0.29) is 17.6 Å². The molecule has 2 aromatic carbocycles. The van der Waals surface area contributed by atoms with Crippen LogP contribution in [0.2, 0.25) is 0 Å². The number of rotatable bonds is 1. The second-order valence-electron chi connectivity index (χ2n) is 5.31. The Kier molecular flexibility index (Phi) is 3.09. The van der Waals surface area contributed by atoms with Gasteiger partial charge in [-0.1, -0.05) is 18.2 Å². The summed E-state index contributed by atoms with van der Waals surface area (Å²) >= 11 is 6.10. The maximum Gasteiger partial charge on any atom is 0.223 e. The molecule has 0 aliphatic carbocycles. The normalized spacial score (nSPS) is 17.6. The molecule has 3 nitrogen and oxygen atoms in total. The fraction of sp³-hybridized carbons (Fsp3) is 0.312. The first-order valence-corrected chi connectivity index (χ1v) is 7.17. The van der Waals surface area contributed by atoms with E-state index in [1.54, 1.807) is 17.9 Å². The van der Waals surface area contributed by atoms with Gasteiger partial charge in [-0.25, -0.2) is 0 Å². The van der Waals surface area contributed by atoms with Gasteiger partial charge in [0.1, 0.15) is 5.75 Å². The number of aromatic hydroxyl groups is 1. The quantitative estimate of drug-likeness (QED) is 0.816. The fourth-order valence-corrected chi connectivity index (χ4v) is 3.37. The van der Waals surface area contributed by atoms with E-state index < -0.39 is 0 Å². The van der Waals surface area contributed by atoms with Gasteiger partial charge < -0.3 is 10.0 Å². The lowest BCUT2D eigenvalue weighted by atomic mass is 9.92. The molecule has 3 rings (SSSR count). The lowest BCUT2D eigenvalue weighted by Gasteiger charge is -2.16. The number of hydrogen-bond donors (Lipinski definition) is 1. The van der Waals surface area contributed by atoms with Crippen molar-refractivity contribution in [2.24, 2.45) is 0 Å². The molecule has 0 saturated carbocycles. The number of nitrogens with zero attached hydrogens (tertiary/aromatic N) is 1. The van der Waals surface area contributed by atoms with Gasteiger partial charge in [-0.2, -0.15) is 0 Å². The molecule has 0 radical (unpaired) electrons. The van der Waals surface area contributed by atoms with Crippen molar-refractivity contribution in [3.05, 3.63) is 35.4 Å². The molecule has 1 aliphatic rings. The van der Waals surface area contributed by atoms with Crippen molar-refractivity contribution in [2.45, 2.75) is 19.8 Å². The SMILES string of the molecule is CC(=O)N1C[C@@H](CCl)c2c1cc(O)c1cccc(C)c21. The minimum Gasteiger partial charge on any atom is -0.507 e. The van der Waals surface area contributed by atoms with E-state index in [9.17, 15) is 9.90 Å². The second-order valence-corrected chi connectivity index (χ2v) is 5.62. The Balaban J connectivity index is 2.40. The Hall–Kier alpha value is -1.74. The highest BCUT2D eigenvalue weighted by Crippen LogP contribution is 2.46. The number of anilines is 1. The Bertz CT molecular complexity index is 711. The Morgan fingerprint density at radius 1 is 1.50 bits per heavy atom. The van der Waals surface area contributed by atoms with Gasteiger partial charge in [0, 0.05) is 36.7 Å². The smallest absolute Gasteiger partial charge is 0.223 e. The van der Waals surface area contributed by atoms with E-state index in [4.69, 9.17) is 11.6 Å². The van der Waals surface area contributed by atoms with Crippen molar-refractivity contribution >= 4 is 34.0 Å². The molecule has 20 heavy (non-hydrogen) atoms. The Morgan fingerprint density at radius 3 is 2.90 bits per heavy atom. The maximum atomic E-state index is 11.8. The fourth-order valence-electron chi connectivity index (χ4n) is 3.12. The van der Waals surface area contributed by atoms with Crippen LogP contribution in [0, 0.1) is 6.92 Å². The van der Waals surface area contributed by atoms with Gasteiger partial charge in [-0.05, 0) is 23.4 Å². The van der Waals surface area contributed by atoms with Crippen LogP contribution in [0.15, 0.2) is 24.3 Å². The van der Waals surface area contributed by atoms with Crippen LogP contribution in [-0.4, -0.2) is 23.4 Å². The number of hydrogen-bond acceptors (Lipinski definition) is 2. The zero-order chi connectivity index (χ0) is 14.4. The molecule has 1 aliphatic heterocycles. The van der Waals surface area contributed by atoms with E-state index in [1.165, 1.54) is 0 Å². The number of fused-ring (bicyclic) bond motifs is 3. The summed E-state index contributed by atoms with van der Waals surface area (Å²) < 4.78 is 0. The summed E-state index contributed by atoms with van der Waals surface area (Å²) in [5.41, 5.74) is 2.97. The van der Waals surface area contributed by atoms with Crippen LogP contribution in [-0.2, 0) is 4.79 Å². The van der Waals surface area contributed by atoms with Crippen LogP contribution in [0.5, 0.6) is 5.75 Å². The number of phenols is 1. The molecule has 2 aromatic rings. The summed E-state index contributed by atoms with van der Waals surface area (Å²) in [6, 6.07) is 7.53. The summed E-state index contributed by atoms with van der Waals surface area (Å²) in [5, 5.41) is 12.1. The molecule has 1 N–H and O–H groups in total. The largest absolute Gasteiger partial charge is 0.507 e. The van der Waals surface area contributed by atoms with Gasteiger partial charge in [-0.3, -0.25) is 4.79 Å². The molecule has 0 bridgehead atoms. The molecule has 0 fully saturated rings. The number of aryl methyl sites for hydroxylation is 1. The number of phenolic OH excluding ortho intramolecular Hbond substituents is 1. The molecule has 0 spiro atoms. The van der Waals surface area contributed by atoms with Gasteiger partial charge in [0.25, 0.3) is 0 Å². The van der Waals surface area contributed by atoms with Crippen molar-refractivity contribution in [1.82, 2.24) is 0 Å². The monoisotopic (exact) mass is 289 g/mol. The third-order valence-corrected chi connectivity index (χ3v) is 4.41. The third-order valence-electron chi connectivity index (χ3n) is 4.04. The number of amides is 1. The van der Waals surface area contributed by atoms with Crippen molar-refractivity contribution in [1.29, 1.82) is 0 Å². The number of alkyl halides is 1. The van der Waals surface area contributed by atoms with Crippen LogP contribution in [0.3, 0.4) is 0 Å². The highest BCUT2D eigenvalue weighted by atomic mass is 35.5. The minimum absolute atomic E-state index is 0.0220. The van der Waals surface area contributed by atoms with Crippen molar-refractivity contribution in [3.63, 3.8) is 0 Å². The predicted octanol–water partition coefficient (Wildman–Crippen LogP) is 3.54. The first-order valence-electron chi connectivity index (χ1n) is 6.63. The molecular formula is C16H16ClNO2. The second kappa shape index (κ2) is 4.67. The summed E-state index contributed by atoms with van der Waals surface area (Å²) in [4.78, 5) is 13.5. The van der Waals surface area contributed by atoms with E-state index in [0.29, 0.717) is 12.4 Å². The van der Waals surface area contributed by atoms with Gasteiger partial charge >= 0.3 is 0 Å². The highest BCUT2D eigenvalue weighted by molar-refractivity contribution is 6.19. The summed E-state index contributed by atoms with van der Waals surface area (Å²) in [6.07, 6.45) is 0. The van der Waals surface area contributed by atoms with Crippen LogP contribution >= 0.6 is 11.6 Å². The molecular weight excluding hydrogens is 274 g/mol. The van der Waals surface area contributed by atoms with E-state index in [2.05, 4.69) is 0 Å². The van der Waals surface area contributed by atoms with E-state index >= 15 is 0 Å². The predicted molar refractivity (Wildman–Crippen MR) is 81.8 cm³/mol. The van der Waals surface area contributed by atoms with Crippen LogP contribution in [0.25, 0.3) is 10.8 Å². The molecule has 104 valence electrons. The van der Waals surface area contributed by atoms with Gasteiger partial charge in [-0.15, -0.1) is 11.6 Å². The van der Waals surface area contributed by atoms with Crippen molar-refractivity contribution < 1.29 is 9.90 Å². The number of halogens is 1. The highest BCUT2D eigenvalue weighted by Gasteiger charge is 2.33.